The molecule has 16 heavy (non-hydrogen) atoms. The van der Waals surface area contributed by atoms with Crippen molar-refractivity contribution in [3.63, 3.8) is 0 Å². The lowest BCUT2D eigenvalue weighted by atomic mass is 10.5. The van der Waals surface area contributed by atoms with Gasteiger partial charge in [0.2, 0.25) is 10.0 Å². The van der Waals surface area contributed by atoms with Gasteiger partial charge in [-0.15, -0.1) is 0 Å². The topological polar surface area (TPSA) is 95.2 Å². The molecule has 8 heteroatoms. The Hall–Kier alpha value is -0.760. The summed E-state index contributed by atoms with van der Waals surface area (Å²) in [6.45, 7) is 1.60. The van der Waals surface area contributed by atoms with Crippen LogP contribution in [0.5, 0.6) is 0 Å². The molecule has 0 aliphatic rings. The van der Waals surface area contributed by atoms with Crippen LogP contribution in [0.15, 0.2) is 12.4 Å². The van der Waals surface area contributed by atoms with Gasteiger partial charge in [-0.3, -0.25) is 0 Å². The van der Waals surface area contributed by atoms with Gasteiger partial charge >= 0.3 is 0 Å². The van der Waals surface area contributed by atoms with Crippen molar-refractivity contribution in [3.8, 4) is 0 Å². The Morgan fingerprint density at radius 2 is 2.06 bits per heavy atom. The average molecular weight is 266 g/mol. The number of aromatic nitrogens is 2. The van der Waals surface area contributed by atoms with E-state index >= 15 is 0 Å². The molecule has 1 aromatic rings. The van der Waals surface area contributed by atoms with E-state index in [9.17, 15) is 8.42 Å². The largest absolute Gasteiger partial charge is 0.372 e. The molecule has 0 aliphatic heterocycles. The van der Waals surface area contributed by atoms with Gasteiger partial charge in [0, 0.05) is 12.4 Å². The fourth-order valence-electron chi connectivity index (χ4n) is 0.825. The highest BCUT2D eigenvalue weighted by Crippen LogP contribution is 2.04. The first kappa shape index (κ1) is 13.3. The van der Waals surface area contributed by atoms with Gasteiger partial charge in [0.1, 0.15) is 6.61 Å². The Bertz CT molecular complexity index is 434. The van der Waals surface area contributed by atoms with E-state index in [0.29, 0.717) is 10.8 Å². The number of rotatable bonds is 5. The van der Waals surface area contributed by atoms with E-state index < -0.39 is 15.3 Å². The standard InChI is InChI=1S/C8H12ClN3O3S/c1-6(16(10,13)14)4-15-5-8-11-2-7(9)3-12-8/h2-3,6H,4-5H2,1H3,(H2,10,13,14)/t6-/m0/s1. The van der Waals surface area contributed by atoms with Crippen LogP contribution in [0.2, 0.25) is 5.02 Å². The predicted octanol–water partition coefficient (Wildman–Crippen LogP) is 0.324. The smallest absolute Gasteiger partial charge is 0.213 e. The second-order valence-electron chi connectivity index (χ2n) is 3.23. The maximum absolute atomic E-state index is 10.9. The summed E-state index contributed by atoms with van der Waals surface area (Å²) < 4.78 is 26.9. The maximum Gasteiger partial charge on any atom is 0.213 e. The highest BCUT2D eigenvalue weighted by atomic mass is 35.5. The highest BCUT2D eigenvalue weighted by Gasteiger charge is 2.15. The molecular formula is C8H12ClN3O3S. The Morgan fingerprint density at radius 3 is 2.56 bits per heavy atom. The molecule has 2 N–H and O–H groups in total. The normalized spacial score (nSPS) is 13.7. The van der Waals surface area contributed by atoms with Crippen molar-refractivity contribution >= 4 is 21.6 Å². The third-order valence-electron chi connectivity index (χ3n) is 1.82. The van der Waals surface area contributed by atoms with Crippen LogP contribution in [-0.2, 0) is 21.4 Å². The lowest BCUT2D eigenvalue weighted by Crippen LogP contribution is -2.29. The molecule has 1 atom stereocenters. The number of sulfonamides is 1. The van der Waals surface area contributed by atoms with Crippen LogP contribution in [0.3, 0.4) is 0 Å². The number of nitrogens with two attached hydrogens (primary N) is 1. The third-order valence-corrected chi connectivity index (χ3v) is 3.27. The Labute approximate surface area is 98.8 Å². The summed E-state index contributed by atoms with van der Waals surface area (Å²) >= 11 is 5.59. The van der Waals surface area contributed by atoms with Crippen LogP contribution in [0, 0.1) is 0 Å². The summed E-state index contributed by atoms with van der Waals surface area (Å²) in [4.78, 5) is 7.78. The molecule has 90 valence electrons. The SMILES string of the molecule is C[C@@H](COCc1ncc(Cl)cn1)S(N)(=O)=O. The molecule has 0 radical (unpaired) electrons. The van der Waals surface area contributed by atoms with E-state index in [4.69, 9.17) is 21.5 Å². The quantitative estimate of drug-likeness (QED) is 0.827. The van der Waals surface area contributed by atoms with Gasteiger partial charge in [0.25, 0.3) is 0 Å². The number of primary sulfonamides is 1. The maximum atomic E-state index is 10.9. The van der Waals surface area contributed by atoms with E-state index in [1.165, 1.54) is 19.3 Å². The van der Waals surface area contributed by atoms with Gasteiger partial charge in [-0.2, -0.15) is 0 Å². The molecule has 1 rings (SSSR count). The Morgan fingerprint density at radius 1 is 1.50 bits per heavy atom. The van der Waals surface area contributed by atoms with Crippen molar-refractivity contribution < 1.29 is 13.2 Å². The van der Waals surface area contributed by atoms with E-state index in [0.717, 1.165) is 0 Å². The van der Waals surface area contributed by atoms with Crippen LogP contribution in [0.25, 0.3) is 0 Å². The second kappa shape index (κ2) is 5.53. The van der Waals surface area contributed by atoms with E-state index in [1.54, 1.807) is 0 Å². The van der Waals surface area contributed by atoms with Crippen LogP contribution in [-0.4, -0.2) is 30.2 Å². The summed E-state index contributed by atoms with van der Waals surface area (Å²) in [5.41, 5.74) is 0. The molecule has 0 aromatic carbocycles. The zero-order valence-electron chi connectivity index (χ0n) is 8.63. The number of nitrogens with zero attached hydrogens (tertiary/aromatic N) is 2. The lowest BCUT2D eigenvalue weighted by Gasteiger charge is -2.08. The second-order valence-corrected chi connectivity index (χ2v) is 5.65. The molecule has 0 aliphatic carbocycles. The molecule has 0 bridgehead atoms. The third kappa shape index (κ3) is 4.40. The highest BCUT2D eigenvalue weighted by molar-refractivity contribution is 7.89. The number of ether oxygens (including phenoxy) is 1. The summed E-state index contributed by atoms with van der Waals surface area (Å²) in [5, 5.41) is 4.60. The minimum atomic E-state index is -3.55. The summed E-state index contributed by atoms with van der Waals surface area (Å²) in [7, 11) is -3.55. The average Bonchev–Trinajstić information content (AvgIpc) is 2.19. The molecule has 0 amide bonds. The minimum Gasteiger partial charge on any atom is -0.372 e. The molecule has 6 nitrogen and oxygen atoms in total. The zero-order valence-corrected chi connectivity index (χ0v) is 10.2. The molecule has 0 spiro atoms. The summed E-state index contributed by atoms with van der Waals surface area (Å²) in [5.74, 6) is 0.436. The van der Waals surface area contributed by atoms with Crippen molar-refractivity contribution in [3.05, 3.63) is 23.2 Å². The molecule has 0 fully saturated rings. The molecule has 0 unspecified atom stereocenters. The van der Waals surface area contributed by atoms with Gasteiger partial charge in [0.05, 0.1) is 16.9 Å². The van der Waals surface area contributed by atoms with Crippen molar-refractivity contribution in [2.75, 3.05) is 6.61 Å². The molecule has 0 saturated carbocycles. The van der Waals surface area contributed by atoms with Gasteiger partial charge in [-0.25, -0.2) is 23.5 Å². The van der Waals surface area contributed by atoms with Crippen molar-refractivity contribution in [2.45, 2.75) is 18.8 Å². The molecule has 1 heterocycles. The number of halogens is 1. The van der Waals surface area contributed by atoms with E-state index in [-0.39, 0.29) is 13.2 Å². The fourth-order valence-corrected chi connectivity index (χ4v) is 1.21. The molecular weight excluding hydrogens is 254 g/mol. The summed E-state index contributed by atoms with van der Waals surface area (Å²) in [6, 6.07) is 0. The van der Waals surface area contributed by atoms with Gasteiger partial charge < -0.3 is 4.74 Å². The van der Waals surface area contributed by atoms with Crippen molar-refractivity contribution in [2.24, 2.45) is 5.14 Å². The van der Waals surface area contributed by atoms with Crippen LogP contribution >= 0.6 is 11.6 Å². The summed E-state index contributed by atoms with van der Waals surface area (Å²) in [6.07, 6.45) is 2.88. The zero-order chi connectivity index (χ0) is 12.2. The molecule has 1 aromatic heterocycles. The van der Waals surface area contributed by atoms with Crippen LogP contribution < -0.4 is 5.14 Å². The fraction of sp³-hybridized carbons (Fsp3) is 0.500. The van der Waals surface area contributed by atoms with Crippen LogP contribution in [0.1, 0.15) is 12.7 Å². The van der Waals surface area contributed by atoms with Crippen molar-refractivity contribution in [1.82, 2.24) is 9.97 Å². The molecule has 0 saturated heterocycles. The Balaban J connectivity index is 2.39. The lowest BCUT2D eigenvalue weighted by molar-refractivity contribution is 0.117. The van der Waals surface area contributed by atoms with Crippen LogP contribution in [0.4, 0.5) is 0 Å². The Kier molecular flexibility index (Phi) is 4.60. The predicted molar refractivity (Wildman–Crippen MR) is 59.3 cm³/mol. The first-order chi connectivity index (χ1) is 7.39. The van der Waals surface area contributed by atoms with E-state index in [1.807, 2.05) is 0 Å². The first-order valence-electron chi connectivity index (χ1n) is 4.45. The van der Waals surface area contributed by atoms with Gasteiger partial charge in [0.15, 0.2) is 5.82 Å². The first-order valence-corrected chi connectivity index (χ1v) is 6.44. The number of hydrogen-bond donors (Lipinski definition) is 1. The number of hydrogen-bond acceptors (Lipinski definition) is 5. The van der Waals surface area contributed by atoms with Gasteiger partial charge in [-0.05, 0) is 6.92 Å². The van der Waals surface area contributed by atoms with Gasteiger partial charge in [-0.1, -0.05) is 11.6 Å². The van der Waals surface area contributed by atoms with Crippen molar-refractivity contribution in [1.29, 1.82) is 0 Å². The van der Waals surface area contributed by atoms with E-state index in [2.05, 4.69) is 9.97 Å². The monoisotopic (exact) mass is 265 g/mol. The minimum absolute atomic E-state index is 0.00478.